The molecule has 0 spiro atoms. The lowest BCUT2D eigenvalue weighted by Crippen LogP contribution is -2.28. The van der Waals surface area contributed by atoms with E-state index in [1.54, 1.807) is 0 Å². The van der Waals surface area contributed by atoms with Gasteiger partial charge in [-0.25, -0.2) is 0 Å². The van der Waals surface area contributed by atoms with Crippen LogP contribution in [0.15, 0.2) is 48.7 Å². The molecule has 2 heteroatoms. The zero-order valence-corrected chi connectivity index (χ0v) is 11.8. The molecule has 0 aliphatic carbocycles. The van der Waals surface area contributed by atoms with E-state index in [4.69, 9.17) is 0 Å². The summed E-state index contributed by atoms with van der Waals surface area (Å²) in [7, 11) is 2.03. The highest BCUT2D eigenvalue weighted by molar-refractivity contribution is 5.22. The van der Waals surface area contributed by atoms with Crippen LogP contribution < -0.4 is 5.32 Å². The van der Waals surface area contributed by atoms with Crippen molar-refractivity contribution < 1.29 is 0 Å². The Labute approximate surface area is 115 Å². The second kappa shape index (κ2) is 7.05. The van der Waals surface area contributed by atoms with Crippen LogP contribution in [0.5, 0.6) is 0 Å². The normalized spacial score (nSPS) is 12.3. The van der Waals surface area contributed by atoms with E-state index in [9.17, 15) is 0 Å². The summed E-state index contributed by atoms with van der Waals surface area (Å²) in [6.07, 6.45) is 5.10. The number of aromatic nitrogens is 1. The maximum Gasteiger partial charge on any atom is 0.0419 e. The number of pyridine rings is 1. The Morgan fingerprint density at radius 3 is 2.74 bits per heavy atom. The Morgan fingerprint density at radius 1 is 1.16 bits per heavy atom. The summed E-state index contributed by atoms with van der Waals surface area (Å²) >= 11 is 0. The number of nitrogens with zero attached hydrogens (tertiary/aromatic N) is 1. The van der Waals surface area contributed by atoms with Gasteiger partial charge in [0, 0.05) is 24.4 Å². The fraction of sp³-hybridized carbons (Fsp3) is 0.353. The number of likely N-dealkylation sites (N-methyl/N-ethyl adjacent to an activating group) is 1. The standard InChI is InChI=1S/C17H22N2/c1-14-6-5-7-15(12-14)9-10-16(18-2)13-17-8-3-4-11-19-17/h3-8,11-12,16,18H,9-10,13H2,1-2H3. The van der Waals surface area contributed by atoms with Gasteiger partial charge in [0.15, 0.2) is 0 Å². The van der Waals surface area contributed by atoms with Crippen LogP contribution in [0.25, 0.3) is 0 Å². The molecular weight excluding hydrogens is 232 g/mol. The third-order valence-electron chi connectivity index (χ3n) is 3.45. The average Bonchev–Trinajstić information content (AvgIpc) is 2.44. The van der Waals surface area contributed by atoms with Gasteiger partial charge in [-0.1, -0.05) is 35.9 Å². The molecule has 100 valence electrons. The van der Waals surface area contributed by atoms with Crippen molar-refractivity contribution >= 4 is 0 Å². The van der Waals surface area contributed by atoms with Gasteiger partial charge < -0.3 is 5.32 Å². The maximum atomic E-state index is 4.40. The van der Waals surface area contributed by atoms with Gasteiger partial charge in [-0.05, 0) is 44.5 Å². The quantitative estimate of drug-likeness (QED) is 0.856. The number of rotatable bonds is 6. The second-order valence-electron chi connectivity index (χ2n) is 5.04. The highest BCUT2D eigenvalue weighted by atomic mass is 14.9. The molecule has 0 aliphatic rings. The number of hydrogen-bond acceptors (Lipinski definition) is 2. The molecule has 2 nitrogen and oxygen atoms in total. The molecule has 1 aromatic carbocycles. The molecule has 0 saturated heterocycles. The topological polar surface area (TPSA) is 24.9 Å². The molecular formula is C17H22N2. The van der Waals surface area contributed by atoms with Crippen molar-refractivity contribution in [2.24, 2.45) is 0 Å². The largest absolute Gasteiger partial charge is 0.317 e. The van der Waals surface area contributed by atoms with Crippen molar-refractivity contribution in [3.8, 4) is 0 Å². The molecule has 0 fully saturated rings. The molecule has 0 radical (unpaired) electrons. The number of aryl methyl sites for hydroxylation is 2. The van der Waals surface area contributed by atoms with E-state index in [1.165, 1.54) is 11.1 Å². The molecule has 19 heavy (non-hydrogen) atoms. The zero-order valence-electron chi connectivity index (χ0n) is 11.8. The molecule has 0 aliphatic heterocycles. The smallest absolute Gasteiger partial charge is 0.0419 e. The van der Waals surface area contributed by atoms with Crippen molar-refractivity contribution in [1.29, 1.82) is 0 Å². The average molecular weight is 254 g/mol. The first-order valence-corrected chi connectivity index (χ1v) is 6.90. The maximum absolute atomic E-state index is 4.40. The van der Waals surface area contributed by atoms with Crippen LogP contribution in [0.2, 0.25) is 0 Å². The Kier molecular flexibility index (Phi) is 5.10. The molecule has 0 bridgehead atoms. The van der Waals surface area contributed by atoms with Crippen LogP contribution >= 0.6 is 0 Å². The van der Waals surface area contributed by atoms with E-state index in [0.29, 0.717) is 6.04 Å². The van der Waals surface area contributed by atoms with Gasteiger partial charge >= 0.3 is 0 Å². The van der Waals surface area contributed by atoms with Crippen LogP contribution in [0, 0.1) is 6.92 Å². The van der Waals surface area contributed by atoms with Gasteiger partial charge in [0.25, 0.3) is 0 Å². The SMILES string of the molecule is CNC(CCc1cccc(C)c1)Cc1ccccn1. The van der Waals surface area contributed by atoms with Crippen LogP contribution in [-0.2, 0) is 12.8 Å². The predicted octanol–water partition coefficient (Wildman–Crippen LogP) is 3.15. The van der Waals surface area contributed by atoms with E-state index in [0.717, 1.165) is 25.0 Å². The summed E-state index contributed by atoms with van der Waals surface area (Å²) in [4.78, 5) is 4.40. The minimum atomic E-state index is 0.482. The van der Waals surface area contributed by atoms with Crippen molar-refractivity contribution in [2.45, 2.75) is 32.2 Å². The Morgan fingerprint density at radius 2 is 2.05 bits per heavy atom. The van der Waals surface area contributed by atoms with Gasteiger partial charge in [0.05, 0.1) is 0 Å². The third-order valence-corrected chi connectivity index (χ3v) is 3.45. The summed E-state index contributed by atoms with van der Waals surface area (Å²) in [5, 5.41) is 3.40. The monoisotopic (exact) mass is 254 g/mol. The third kappa shape index (κ3) is 4.49. The molecule has 2 rings (SSSR count). The number of hydrogen-bond donors (Lipinski definition) is 1. The zero-order chi connectivity index (χ0) is 13.5. The number of nitrogens with one attached hydrogen (secondary N) is 1. The summed E-state index contributed by atoms with van der Waals surface area (Å²) in [5.41, 5.74) is 3.91. The summed E-state index contributed by atoms with van der Waals surface area (Å²) in [6, 6.07) is 15.4. The van der Waals surface area contributed by atoms with Crippen LogP contribution in [0.4, 0.5) is 0 Å². The van der Waals surface area contributed by atoms with E-state index >= 15 is 0 Å². The fourth-order valence-corrected chi connectivity index (χ4v) is 2.33. The Hall–Kier alpha value is -1.67. The summed E-state index contributed by atoms with van der Waals surface area (Å²) < 4.78 is 0. The predicted molar refractivity (Wildman–Crippen MR) is 80.3 cm³/mol. The fourth-order valence-electron chi connectivity index (χ4n) is 2.33. The minimum Gasteiger partial charge on any atom is -0.317 e. The summed E-state index contributed by atoms with van der Waals surface area (Å²) in [6.45, 7) is 2.15. The van der Waals surface area contributed by atoms with Crippen molar-refractivity contribution in [2.75, 3.05) is 7.05 Å². The van der Waals surface area contributed by atoms with Crippen molar-refractivity contribution in [3.63, 3.8) is 0 Å². The van der Waals surface area contributed by atoms with Gasteiger partial charge in [-0.3, -0.25) is 4.98 Å². The molecule has 0 amide bonds. The lowest BCUT2D eigenvalue weighted by Gasteiger charge is -2.15. The van der Waals surface area contributed by atoms with E-state index < -0.39 is 0 Å². The second-order valence-corrected chi connectivity index (χ2v) is 5.04. The Balaban J connectivity index is 1.89. The van der Waals surface area contributed by atoms with E-state index in [2.05, 4.69) is 53.6 Å². The molecule has 0 saturated carbocycles. The van der Waals surface area contributed by atoms with Crippen LogP contribution in [0.3, 0.4) is 0 Å². The van der Waals surface area contributed by atoms with Crippen molar-refractivity contribution in [3.05, 3.63) is 65.5 Å². The van der Waals surface area contributed by atoms with Crippen molar-refractivity contribution in [1.82, 2.24) is 10.3 Å². The molecule has 1 aromatic heterocycles. The molecule has 1 unspecified atom stereocenters. The van der Waals surface area contributed by atoms with Gasteiger partial charge in [0.2, 0.25) is 0 Å². The van der Waals surface area contributed by atoms with Gasteiger partial charge in [-0.15, -0.1) is 0 Å². The van der Waals surface area contributed by atoms with Crippen LogP contribution in [0.1, 0.15) is 23.2 Å². The van der Waals surface area contributed by atoms with Crippen LogP contribution in [-0.4, -0.2) is 18.1 Å². The molecule has 2 aromatic rings. The first-order chi connectivity index (χ1) is 9.28. The first-order valence-electron chi connectivity index (χ1n) is 6.90. The molecule has 1 N–H and O–H groups in total. The Bertz CT molecular complexity index is 494. The highest BCUT2D eigenvalue weighted by Gasteiger charge is 2.08. The lowest BCUT2D eigenvalue weighted by atomic mass is 10.0. The number of benzene rings is 1. The van der Waals surface area contributed by atoms with Gasteiger partial charge in [0.1, 0.15) is 0 Å². The summed E-state index contributed by atoms with van der Waals surface area (Å²) in [5.74, 6) is 0. The molecule has 1 atom stereocenters. The first kappa shape index (κ1) is 13.8. The van der Waals surface area contributed by atoms with E-state index in [1.807, 2.05) is 19.3 Å². The highest BCUT2D eigenvalue weighted by Crippen LogP contribution is 2.10. The minimum absolute atomic E-state index is 0.482. The molecule has 1 heterocycles. The lowest BCUT2D eigenvalue weighted by molar-refractivity contribution is 0.515. The van der Waals surface area contributed by atoms with E-state index in [-0.39, 0.29) is 0 Å². The van der Waals surface area contributed by atoms with Gasteiger partial charge in [-0.2, -0.15) is 0 Å².